The molecule has 1 amide bonds. The van der Waals surface area contributed by atoms with Crippen molar-refractivity contribution in [2.75, 3.05) is 11.9 Å². The van der Waals surface area contributed by atoms with Crippen LogP contribution in [0.1, 0.15) is 33.9 Å². The molecule has 0 aromatic carbocycles. The lowest BCUT2D eigenvalue weighted by atomic mass is 10.1. The number of hydrogen-bond donors (Lipinski definition) is 2. The van der Waals surface area contributed by atoms with Crippen LogP contribution in [0.4, 0.5) is 5.82 Å². The number of aliphatic hydroxyl groups is 1. The number of esters is 2. The molecule has 1 aliphatic rings. The highest BCUT2D eigenvalue weighted by molar-refractivity contribution is 9.09. The van der Waals surface area contributed by atoms with Gasteiger partial charge in [0.1, 0.15) is 24.6 Å². The molecule has 0 unspecified atom stereocenters. The Labute approximate surface area is 174 Å². The number of aromatic nitrogens is 2. The van der Waals surface area contributed by atoms with Gasteiger partial charge in [-0.1, -0.05) is 15.9 Å². The maximum absolute atomic E-state index is 12.2. The van der Waals surface area contributed by atoms with Gasteiger partial charge in [0, 0.05) is 20.0 Å². The average Bonchev–Trinajstić information content (AvgIpc) is 2.86. The molecule has 0 saturated carbocycles. The normalized spacial score (nSPS) is 24.1. The summed E-state index contributed by atoms with van der Waals surface area (Å²) < 4.78 is 16.8. The van der Waals surface area contributed by atoms with Gasteiger partial charge in [0.2, 0.25) is 11.5 Å². The first-order chi connectivity index (χ1) is 13.4. The van der Waals surface area contributed by atoms with Gasteiger partial charge in [-0.2, -0.15) is 4.98 Å². The molecule has 12 heteroatoms. The molecular weight excluding hydrogens is 454 g/mol. The first-order valence-corrected chi connectivity index (χ1v) is 9.55. The van der Waals surface area contributed by atoms with E-state index < -0.39 is 46.5 Å². The van der Waals surface area contributed by atoms with E-state index in [0.29, 0.717) is 0 Å². The maximum atomic E-state index is 12.2. The third kappa shape index (κ3) is 5.61. The smallest absolute Gasteiger partial charge is 0.351 e. The maximum Gasteiger partial charge on any atom is 0.351 e. The van der Waals surface area contributed by atoms with Crippen LogP contribution in [0.5, 0.6) is 0 Å². The van der Waals surface area contributed by atoms with Gasteiger partial charge < -0.3 is 24.6 Å². The second-order valence-corrected chi connectivity index (χ2v) is 7.94. The van der Waals surface area contributed by atoms with Crippen LogP contribution in [0.3, 0.4) is 0 Å². The van der Waals surface area contributed by atoms with Crippen LogP contribution >= 0.6 is 15.9 Å². The second kappa shape index (κ2) is 9.01. The number of alkyl halides is 1. The number of hydrogen-bond acceptors (Lipinski definition) is 9. The quantitative estimate of drug-likeness (QED) is 0.431. The van der Waals surface area contributed by atoms with E-state index in [4.69, 9.17) is 14.2 Å². The largest absolute Gasteiger partial charge is 0.460 e. The molecule has 0 bridgehead atoms. The van der Waals surface area contributed by atoms with Gasteiger partial charge in [0.25, 0.3) is 0 Å². The number of nitrogens with zero attached hydrogens (tertiary/aromatic N) is 2. The standard InChI is InChI=1S/C17H22BrN3O8/c1-8(22)19-11-5-6-21(16(26)20-11)14-13(24)12(18)10(28-14)7-27-15(25)17(3,4)29-9(2)23/h5-6,10,12-14,24H,7H2,1-4H3,(H,19,20,22,26)/t10-,12-,13-,14-/m1/s1. The molecule has 4 atom stereocenters. The molecular formula is C17H22BrN3O8. The molecule has 0 spiro atoms. The molecule has 1 saturated heterocycles. The van der Waals surface area contributed by atoms with E-state index in [1.807, 2.05) is 0 Å². The lowest BCUT2D eigenvalue weighted by molar-refractivity contribution is -0.180. The Morgan fingerprint density at radius 1 is 1.38 bits per heavy atom. The van der Waals surface area contributed by atoms with Crippen molar-refractivity contribution in [1.29, 1.82) is 0 Å². The fourth-order valence-corrected chi connectivity index (χ4v) is 3.20. The van der Waals surface area contributed by atoms with E-state index in [9.17, 15) is 24.3 Å². The van der Waals surface area contributed by atoms with E-state index in [1.165, 1.54) is 40.0 Å². The second-order valence-electron chi connectivity index (χ2n) is 6.89. The number of rotatable bonds is 6. The minimum Gasteiger partial charge on any atom is -0.460 e. The molecule has 1 aliphatic heterocycles. The molecule has 0 aliphatic carbocycles. The number of carbonyl (C=O) groups is 3. The van der Waals surface area contributed by atoms with Crippen LogP contribution in [0, 0.1) is 0 Å². The van der Waals surface area contributed by atoms with Crippen molar-refractivity contribution in [1.82, 2.24) is 9.55 Å². The number of amides is 1. The van der Waals surface area contributed by atoms with Gasteiger partial charge in [-0.15, -0.1) is 0 Å². The Morgan fingerprint density at radius 3 is 2.59 bits per heavy atom. The van der Waals surface area contributed by atoms with Crippen molar-refractivity contribution in [3.63, 3.8) is 0 Å². The van der Waals surface area contributed by atoms with Crippen molar-refractivity contribution in [2.24, 2.45) is 0 Å². The van der Waals surface area contributed by atoms with E-state index in [-0.39, 0.29) is 18.3 Å². The van der Waals surface area contributed by atoms with Crippen LogP contribution < -0.4 is 11.0 Å². The summed E-state index contributed by atoms with van der Waals surface area (Å²) in [5.74, 6) is -1.73. The minimum atomic E-state index is -1.48. The van der Waals surface area contributed by atoms with Crippen LogP contribution in [0.15, 0.2) is 17.1 Å². The van der Waals surface area contributed by atoms with Crippen molar-refractivity contribution >= 4 is 39.6 Å². The van der Waals surface area contributed by atoms with E-state index in [0.717, 1.165) is 4.57 Å². The lowest BCUT2D eigenvalue weighted by Gasteiger charge is -2.23. The van der Waals surface area contributed by atoms with Crippen molar-refractivity contribution in [3.05, 3.63) is 22.7 Å². The van der Waals surface area contributed by atoms with Gasteiger partial charge in [-0.05, 0) is 19.9 Å². The minimum absolute atomic E-state index is 0.0693. The molecule has 2 heterocycles. The summed E-state index contributed by atoms with van der Waals surface area (Å²) >= 11 is 3.28. The molecule has 1 aromatic rings. The molecule has 11 nitrogen and oxygen atoms in total. The van der Waals surface area contributed by atoms with E-state index in [1.54, 1.807) is 0 Å². The Balaban J connectivity index is 2.07. The number of halogens is 1. The summed E-state index contributed by atoms with van der Waals surface area (Å²) in [7, 11) is 0. The van der Waals surface area contributed by atoms with Crippen molar-refractivity contribution in [2.45, 2.75) is 56.6 Å². The monoisotopic (exact) mass is 475 g/mol. The zero-order valence-electron chi connectivity index (χ0n) is 16.2. The Morgan fingerprint density at radius 2 is 2.03 bits per heavy atom. The van der Waals surface area contributed by atoms with Gasteiger partial charge in [0.05, 0.1) is 4.83 Å². The summed E-state index contributed by atoms with van der Waals surface area (Å²) in [6.45, 7) is 4.97. The molecule has 1 fully saturated rings. The SMILES string of the molecule is CC(=O)Nc1ccn([C@@H]2O[C@H](COC(=O)C(C)(C)OC(C)=O)[C@@H](Br)[C@H]2O)c(=O)n1. The van der Waals surface area contributed by atoms with Crippen molar-refractivity contribution < 1.29 is 33.7 Å². The van der Waals surface area contributed by atoms with E-state index >= 15 is 0 Å². The summed E-state index contributed by atoms with van der Waals surface area (Å²) in [6.07, 6.45) is -1.69. The third-order valence-electron chi connectivity index (χ3n) is 3.97. The number of anilines is 1. The van der Waals surface area contributed by atoms with Crippen molar-refractivity contribution in [3.8, 4) is 0 Å². The molecule has 1 aromatic heterocycles. The summed E-state index contributed by atoms with van der Waals surface area (Å²) in [5.41, 5.74) is -2.22. The number of ether oxygens (including phenoxy) is 3. The topological polar surface area (TPSA) is 146 Å². The fraction of sp³-hybridized carbons (Fsp3) is 0.588. The number of aliphatic hydroxyl groups excluding tert-OH is 1. The first kappa shape index (κ1) is 23.0. The van der Waals surface area contributed by atoms with Crippen LogP contribution in [0.25, 0.3) is 0 Å². The summed E-state index contributed by atoms with van der Waals surface area (Å²) in [6, 6.07) is 1.39. The van der Waals surface area contributed by atoms with Gasteiger partial charge >= 0.3 is 17.6 Å². The zero-order valence-corrected chi connectivity index (χ0v) is 17.8. The van der Waals surface area contributed by atoms with Crippen LogP contribution in [0.2, 0.25) is 0 Å². The molecule has 2 N–H and O–H groups in total. The Bertz CT molecular complexity index is 855. The van der Waals surface area contributed by atoms with Crippen LogP contribution in [-0.2, 0) is 28.6 Å². The average molecular weight is 476 g/mol. The zero-order chi connectivity index (χ0) is 21.9. The highest BCUT2D eigenvalue weighted by Gasteiger charge is 2.45. The highest BCUT2D eigenvalue weighted by atomic mass is 79.9. The van der Waals surface area contributed by atoms with Gasteiger partial charge in [-0.3, -0.25) is 14.2 Å². The Kier molecular flexibility index (Phi) is 7.14. The predicted molar refractivity (Wildman–Crippen MR) is 102 cm³/mol. The Hall–Kier alpha value is -2.31. The first-order valence-electron chi connectivity index (χ1n) is 8.63. The fourth-order valence-electron chi connectivity index (χ4n) is 2.66. The molecule has 0 radical (unpaired) electrons. The highest BCUT2D eigenvalue weighted by Crippen LogP contribution is 2.33. The van der Waals surface area contributed by atoms with Gasteiger partial charge in [0.15, 0.2) is 6.23 Å². The molecule has 160 valence electrons. The molecule has 2 rings (SSSR count). The number of carbonyl (C=O) groups excluding carboxylic acids is 3. The van der Waals surface area contributed by atoms with E-state index in [2.05, 4.69) is 26.2 Å². The predicted octanol–water partition coefficient (Wildman–Crippen LogP) is 0.108. The lowest BCUT2D eigenvalue weighted by Crippen LogP contribution is -2.40. The molecule has 29 heavy (non-hydrogen) atoms. The summed E-state index contributed by atoms with van der Waals surface area (Å²) in [5, 5.41) is 12.8. The summed E-state index contributed by atoms with van der Waals surface area (Å²) in [4.78, 5) is 49.6. The van der Waals surface area contributed by atoms with Crippen LogP contribution in [-0.4, -0.2) is 61.7 Å². The number of nitrogens with one attached hydrogen (secondary N) is 1. The van der Waals surface area contributed by atoms with Gasteiger partial charge in [-0.25, -0.2) is 9.59 Å². The third-order valence-corrected chi connectivity index (χ3v) is 5.10.